The van der Waals surface area contributed by atoms with Gasteiger partial charge in [-0.3, -0.25) is 0 Å². The van der Waals surface area contributed by atoms with E-state index in [0.717, 1.165) is 18.5 Å². The lowest BCUT2D eigenvalue weighted by atomic mass is 9.84. The Morgan fingerprint density at radius 1 is 1.31 bits per heavy atom. The highest BCUT2D eigenvalue weighted by atomic mass is 15.0. The van der Waals surface area contributed by atoms with E-state index in [-0.39, 0.29) is 0 Å². The molecular formula is C14H24N2. The lowest BCUT2D eigenvalue weighted by Crippen LogP contribution is -2.33. The molecule has 0 spiro atoms. The summed E-state index contributed by atoms with van der Waals surface area (Å²) in [4.78, 5) is 0. The number of nitrogens with zero attached hydrogens (tertiary/aromatic N) is 1. The van der Waals surface area contributed by atoms with E-state index >= 15 is 0 Å². The second-order valence-electron chi connectivity index (χ2n) is 5.12. The van der Waals surface area contributed by atoms with Gasteiger partial charge >= 0.3 is 0 Å². The van der Waals surface area contributed by atoms with Crippen LogP contribution in [-0.4, -0.2) is 10.6 Å². The van der Waals surface area contributed by atoms with Gasteiger partial charge in [-0.15, -0.1) is 0 Å². The van der Waals surface area contributed by atoms with Crippen molar-refractivity contribution in [2.75, 3.05) is 0 Å². The number of aryl methyl sites for hydroxylation is 1. The molecule has 90 valence electrons. The quantitative estimate of drug-likeness (QED) is 0.825. The number of hydrogen-bond donors (Lipinski definition) is 1. The maximum atomic E-state index is 3.69. The Balaban J connectivity index is 1.73. The minimum absolute atomic E-state index is 0.748. The van der Waals surface area contributed by atoms with Crippen LogP contribution in [0.15, 0.2) is 18.3 Å². The molecule has 1 saturated carbocycles. The van der Waals surface area contributed by atoms with Gasteiger partial charge in [-0.25, -0.2) is 0 Å². The zero-order valence-corrected chi connectivity index (χ0v) is 10.6. The van der Waals surface area contributed by atoms with Gasteiger partial charge in [0, 0.05) is 31.5 Å². The van der Waals surface area contributed by atoms with Gasteiger partial charge < -0.3 is 9.88 Å². The van der Waals surface area contributed by atoms with Gasteiger partial charge in [0.15, 0.2) is 0 Å². The summed E-state index contributed by atoms with van der Waals surface area (Å²) in [6, 6.07) is 5.06. The third-order valence-electron chi connectivity index (χ3n) is 4.05. The molecule has 0 unspecified atom stereocenters. The van der Waals surface area contributed by atoms with Crippen LogP contribution in [0.25, 0.3) is 0 Å². The van der Waals surface area contributed by atoms with Crippen LogP contribution in [0, 0.1) is 5.92 Å². The Hall–Kier alpha value is -0.760. The van der Waals surface area contributed by atoms with Crippen molar-refractivity contribution in [3.8, 4) is 0 Å². The van der Waals surface area contributed by atoms with E-state index in [9.17, 15) is 0 Å². The highest BCUT2D eigenvalue weighted by Crippen LogP contribution is 2.26. The van der Waals surface area contributed by atoms with E-state index in [4.69, 9.17) is 0 Å². The van der Waals surface area contributed by atoms with Crippen LogP contribution in [0.4, 0.5) is 0 Å². The van der Waals surface area contributed by atoms with Crippen LogP contribution in [0.2, 0.25) is 0 Å². The molecule has 0 bridgehead atoms. The van der Waals surface area contributed by atoms with E-state index in [1.54, 1.807) is 0 Å². The van der Waals surface area contributed by atoms with Crippen LogP contribution in [0.1, 0.15) is 44.7 Å². The lowest BCUT2D eigenvalue weighted by molar-refractivity contribution is 0.284. The van der Waals surface area contributed by atoms with Crippen molar-refractivity contribution in [3.05, 3.63) is 24.0 Å². The maximum absolute atomic E-state index is 3.69. The minimum Gasteiger partial charge on any atom is -0.353 e. The Labute approximate surface area is 99.0 Å². The van der Waals surface area contributed by atoms with Gasteiger partial charge in [-0.05, 0) is 43.7 Å². The summed E-state index contributed by atoms with van der Waals surface area (Å²) < 4.78 is 2.20. The Morgan fingerprint density at radius 2 is 2.06 bits per heavy atom. The van der Waals surface area contributed by atoms with Crippen molar-refractivity contribution < 1.29 is 0 Å². The van der Waals surface area contributed by atoms with Crippen LogP contribution in [0.3, 0.4) is 0 Å². The fraction of sp³-hybridized carbons (Fsp3) is 0.714. The topological polar surface area (TPSA) is 17.0 Å². The largest absolute Gasteiger partial charge is 0.353 e. The van der Waals surface area contributed by atoms with Crippen molar-refractivity contribution >= 4 is 0 Å². The molecule has 0 amide bonds. The van der Waals surface area contributed by atoms with E-state index in [2.05, 4.69) is 42.2 Å². The zero-order chi connectivity index (χ0) is 11.4. The number of hydrogen-bond acceptors (Lipinski definition) is 1. The first-order valence-electron chi connectivity index (χ1n) is 6.63. The van der Waals surface area contributed by atoms with Gasteiger partial charge in [0.25, 0.3) is 0 Å². The summed E-state index contributed by atoms with van der Waals surface area (Å²) in [6.45, 7) is 3.34. The molecule has 16 heavy (non-hydrogen) atoms. The number of aromatic nitrogens is 1. The molecular weight excluding hydrogens is 196 g/mol. The first-order valence-corrected chi connectivity index (χ1v) is 6.63. The molecule has 2 nitrogen and oxygen atoms in total. The molecule has 1 fully saturated rings. The maximum Gasteiger partial charge on any atom is 0.0361 e. The molecule has 1 aromatic rings. The summed E-state index contributed by atoms with van der Waals surface area (Å²) in [5.74, 6) is 0.994. The molecule has 0 radical (unpaired) electrons. The minimum atomic E-state index is 0.748. The monoisotopic (exact) mass is 220 g/mol. The first kappa shape index (κ1) is 11.7. The van der Waals surface area contributed by atoms with Crippen molar-refractivity contribution in [3.63, 3.8) is 0 Å². The molecule has 1 aliphatic rings. The van der Waals surface area contributed by atoms with Crippen LogP contribution >= 0.6 is 0 Å². The Kier molecular flexibility index (Phi) is 4.05. The molecule has 2 heteroatoms. The SMILES string of the molecule is CCC1CCC(NCc2cccn2C)CC1. The predicted molar refractivity (Wildman–Crippen MR) is 68.3 cm³/mol. The van der Waals surface area contributed by atoms with E-state index in [1.807, 2.05) is 0 Å². The fourth-order valence-corrected chi connectivity index (χ4v) is 2.70. The van der Waals surface area contributed by atoms with Crippen molar-refractivity contribution in [1.82, 2.24) is 9.88 Å². The van der Waals surface area contributed by atoms with Crippen molar-refractivity contribution in [1.29, 1.82) is 0 Å². The summed E-state index contributed by atoms with van der Waals surface area (Å²) in [7, 11) is 2.12. The summed E-state index contributed by atoms with van der Waals surface area (Å²) >= 11 is 0. The molecule has 0 saturated heterocycles. The van der Waals surface area contributed by atoms with E-state index in [1.165, 1.54) is 37.8 Å². The summed E-state index contributed by atoms with van der Waals surface area (Å²) in [5, 5.41) is 3.69. The molecule has 1 heterocycles. The molecule has 0 atom stereocenters. The van der Waals surface area contributed by atoms with Crippen LogP contribution in [0.5, 0.6) is 0 Å². The van der Waals surface area contributed by atoms with Crippen molar-refractivity contribution in [2.45, 2.75) is 51.6 Å². The highest BCUT2D eigenvalue weighted by Gasteiger charge is 2.19. The number of nitrogens with one attached hydrogen (secondary N) is 1. The Bertz CT molecular complexity index is 308. The molecule has 0 aromatic carbocycles. The third kappa shape index (κ3) is 2.88. The standard InChI is InChI=1S/C14H24N2/c1-3-12-6-8-13(9-7-12)15-11-14-5-4-10-16(14)2/h4-5,10,12-13,15H,3,6-9,11H2,1-2H3. The smallest absolute Gasteiger partial charge is 0.0361 e. The average molecular weight is 220 g/mol. The average Bonchev–Trinajstić information content (AvgIpc) is 2.73. The second kappa shape index (κ2) is 5.53. The third-order valence-corrected chi connectivity index (χ3v) is 4.05. The molecule has 0 aliphatic heterocycles. The van der Waals surface area contributed by atoms with Crippen LogP contribution in [-0.2, 0) is 13.6 Å². The predicted octanol–water partition coefficient (Wildman–Crippen LogP) is 3.08. The fourth-order valence-electron chi connectivity index (χ4n) is 2.70. The second-order valence-corrected chi connectivity index (χ2v) is 5.12. The van der Waals surface area contributed by atoms with Gasteiger partial charge in [0.1, 0.15) is 0 Å². The normalized spacial score (nSPS) is 25.9. The molecule has 1 aliphatic carbocycles. The van der Waals surface area contributed by atoms with Crippen LogP contribution < -0.4 is 5.32 Å². The Morgan fingerprint density at radius 3 is 2.62 bits per heavy atom. The molecule has 1 aromatic heterocycles. The van der Waals surface area contributed by atoms with Gasteiger partial charge in [0.05, 0.1) is 0 Å². The lowest BCUT2D eigenvalue weighted by Gasteiger charge is -2.28. The molecule has 2 rings (SSSR count). The van der Waals surface area contributed by atoms with Gasteiger partial charge in [-0.1, -0.05) is 13.3 Å². The van der Waals surface area contributed by atoms with Gasteiger partial charge in [0.2, 0.25) is 0 Å². The first-order chi connectivity index (χ1) is 7.79. The molecule has 1 N–H and O–H groups in total. The van der Waals surface area contributed by atoms with E-state index in [0.29, 0.717) is 0 Å². The number of rotatable bonds is 4. The highest BCUT2D eigenvalue weighted by molar-refractivity contribution is 5.06. The van der Waals surface area contributed by atoms with Crippen molar-refractivity contribution in [2.24, 2.45) is 13.0 Å². The van der Waals surface area contributed by atoms with Gasteiger partial charge in [-0.2, -0.15) is 0 Å². The van der Waals surface area contributed by atoms with E-state index < -0.39 is 0 Å². The summed E-state index contributed by atoms with van der Waals surface area (Å²) in [6.07, 6.45) is 9.05. The summed E-state index contributed by atoms with van der Waals surface area (Å²) in [5.41, 5.74) is 1.39. The zero-order valence-electron chi connectivity index (χ0n) is 10.6.